The molecule has 1 aliphatic heterocycles. The van der Waals surface area contributed by atoms with E-state index in [-0.39, 0.29) is 47.7 Å². The summed E-state index contributed by atoms with van der Waals surface area (Å²) in [6, 6.07) is 0. The molecule has 3 rings (SSSR count). The number of aliphatic hydroxyl groups is 1. The summed E-state index contributed by atoms with van der Waals surface area (Å²) in [6.07, 6.45) is 2.39. The highest BCUT2D eigenvalue weighted by atomic mass is 16.5. The first-order valence-electron chi connectivity index (χ1n) is 10.9. The summed E-state index contributed by atoms with van der Waals surface area (Å²) in [5.74, 6) is 1.04. The second kappa shape index (κ2) is 9.79. The van der Waals surface area contributed by atoms with Gasteiger partial charge in [-0.25, -0.2) is 19.6 Å². The van der Waals surface area contributed by atoms with Crippen molar-refractivity contribution in [3.05, 3.63) is 17.7 Å². The van der Waals surface area contributed by atoms with E-state index >= 15 is 0 Å². The van der Waals surface area contributed by atoms with E-state index in [1.165, 1.54) is 6.20 Å². The van der Waals surface area contributed by atoms with Gasteiger partial charge in [0.2, 0.25) is 11.8 Å². The number of amides is 1. The number of aryl methyl sites for hydroxylation is 1. The zero-order chi connectivity index (χ0) is 24.3. The van der Waals surface area contributed by atoms with Crippen molar-refractivity contribution in [2.75, 3.05) is 25.4 Å². The topological polar surface area (TPSA) is 182 Å². The van der Waals surface area contributed by atoms with Crippen LogP contribution >= 0.6 is 0 Å². The van der Waals surface area contributed by atoms with E-state index in [4.69, 9.17) is 26.7 Å². The van der Waals surface area contributed by atoms with Gasteiger partial charge in [0, 0.05) is 37.9 Å². The van der Waals surface area contributed by atoms with Gasteiger partial charge in [0.15, 0.2) is 29.4 Å². The molecular formula is C21H33N9O3. The van der Waals surface area contributed by atoms with Crippen LogP contribution < -0.4 is 11.5 Å². The molecule has 2 aromatic rings. The van der Waals surface area contributed by atoms with E-state index in [9.17, 15) is 4.79 Å². The number of aromatic nitrogens is 5. The third kappa shape index (κ3) is 5.63. The molecule has 0 spiro atoms. The minimum atomic E-state index is -0.716. The van der Waals surface area contributed by atoms with Gasteiger partial charge >= 0.3 is 0 Å². The molecule has 180 valence electrons. The van der Waals surface area contributed by atoms with E-state index in [0.717, 1.165) is 12.8 Å². The highest BCUT2D eigenvalue weighted by molar-refractivity contribution is 5.94. The van der Waals surface area contributed by atoms with Crippen molar-refractivity contribution < 1.29 is 14.6 Å². The fraction of sp³-hybridized carbons (Fsp3) is 0.619. The zero-order valence-electron chi connectivity index (χ0n) is 19.6. The number of piperidine rings is 1. The van der Waals surface area contributed by atoms with Gasteiger partial charge in [0.25, 0.3) is 0 Å². The molecule has 1 saturated heterocycles. The Morgan fingerprint density at radius 1 is 1.33 bits per heavy atom. The second-order valence-corrected chi connectivity index (χ2v) is 9.27. The number of aliphatic hydroxyl groups excluding tert-OH is 1. The number of ether oxygens (including phenoxy) is 1. The number of hydrogen-bond donors (Lipinski definition) is 4. The molecule has 0 aromatic carbocycles. The molecule has 1 amide bonds. The van der Waals surface area contributed by atoms with E-state index in [1.807, 2.05) is 20.8 Å². The lowest BCUT2D eigenvalue weighted by Crippen LogP contribution is -2.39. The van der Waals surface area contributed by atoms with E-state index in [0.29, 0.717) is 30.4 Å². The maximum atomic E-state index is 12.0. The lowest BCUT2D eigenvalue weighted by molar-refractivity contribution is -0.132. The Hall–Kier alpha value is -3.12. The molecular weight excluding hydrogens is 426 g/mol. The molecule has 0 saturated carbocycles. The Kier molecular flexibility index (Phi) is 7.28. The number of anilines is 1. The van der Waals surface area contributed by atoms with Gasteiger partial charge in [0.05, 0.1) is 12.8 Å². The summed E-state index contributed by atoms with van der Waals surface area (Å²) in [6.45, 7) is 6.79. The molecule has 12 heteroatoms. The fourth-order valence-corrected chi connectivity index (χ4v) is 3.47. The Morgan fingerprint density at radius 3 is 2.61 bits per heavy atom. The standard InChI is InChI=1S/C21H33N9O3/c1-21(2,3)20(24)33-17(23)15-16(22)25-11-13(26-15)19-27-18(28-29(19)4)12-5-8-30(9-6-12)14(32)7-10-31/h11-12,20,23,31H,5-10,24H2,1-4H3,(H2,22,25). The summed E-state index contributed by atoms with van der Waals surface area (Å²) in [5, 5.41) is 21.8. The minimum Gasteiger partial charge on any atom is -0.457 e. The third-order valence-electron chi connectivity index (χ3n) is 5.66. The number of likely N-dealkylation sites (tertiary alicyclic amines) is 1. The molecule has 2 aromatic heterocycles. The predicted molar refractivity (Wildman–Crippen MR) is 122 cm³/mol. The van der Waals surface area contributed by atoms with E-state index in [1.54, 1.807) is 16.6 Å². The number of nitrogen functional groups attached to an aromatic ring is 1. The van der Waals surface area contributed by atoms with Gasteiger partial charge in [-0.15, -0.1) is 0 Å². The van der Waals surface area contributed by atoms with E-state index in [2.05, 4.69) is 20.1 Å². The highest BCUT2D eigenvalue weighted by Crippen LogP contribution is 2.28. The van der Waals surface area contributed by atoms with Crippen molar-refractivity contribution in [3.8, 4) is 11.5 Å². The number of nitrogens with two attached hydrogens (primary N) is 2. The normalized spacial score (nSPS) is 16.0. The van der Waals surface area contributed by atoms with E-state index < -0.39 is 6.23 Å². The summed E-state index contributed by atoms with van der Waals surface area (Å²) in [5.41, 5.74) is 12.1. The van der Waals surface area contributed by atoms with Gasteiger partial charge < -0.3 is 20.5 Å². The zero-order valence-corrected chi connectivity index (χ0v) is 19.6. The van der Waals surface area contributed by atoms with Crippen molar-refractivity contribution in [3.63, 3.8) is 0 Å². The van der Waals surface area contributed by atoms with Crippen LogP contribution in [0.3, 0.4) is 0 Å². The Bertz CT molecular complexity index is 1010. The molecule has 0 aliphatic carbocycles. The molecule has 1 aliphatic rings. The van der Waals surface area contributed by atoms with Crippen LogP contribution in [0.4, 0.5) is 5.82 Å². The lowest BCUT2D eigenvalue weighted by Gasteiger charge is -2.30. The minimum absolute atomic E-state index is 0.0360. The van der Waals surface area contributed by atoms with Crippen LogP contribution in [-0.2, 0) is 16.6 Å². The molecule has 3 heterocycles. The highest BCUT2D eigenvalue weighted by Gasteiger charge is 2.28. The SMILES string of the molecule is Cn1nc(C2CCN(C(=O)CCO)CC2)nc1-c1cnc(N)c(C(=N)OC(N)C(C)(C)C)n1. The third-order valence-corrected chi connectivity index (χ3v) is 5.66. The number of hydrogen-bond acceptors (Lipinski definition) is 10. The molecule has 12 nitrogen and oxygen atoms in total. The van der Waals surface area contributed by atoms with Crippen LogP contribution in [-0.4, -0.2) is 72.5 Å². The molecule has 33 heavy (non-hydrogen) atoms. The summed E-state index contributed by atoms with van der Waals surface area (Å²) in [7, 11) is 1.76. The summed E-state index contributed by atoms with van der Waals surface area (Å²) in [4.78, 5) is 27.0. The first kappa shape index (κ1) is 24.5. The second-order valence-electron chi connectivity index (χ2n) is 9.27. The fourth-order valence-electron chi connectivity index (χ4n) is 3.47. The van der Waals surface area contributed by atoms with Gasteiger partial charge in [-0.05, 0) is 12.8 Å². The number of carbonyl (C=O) groups excluding carboxylic acids is 1. The van der Waals surface area contributed by atoms with Gasteiger partial charge in [-0.1, -0.05) is 20.8 Å². The Morgan fingerprint density at radius 2 is 2.00 bits per heavy atom. The average molecular weight is 460 g/mol. The van der Waals surface area contributed by atoms with Crippen LogP contribution in [0.2, 0.25) is 0 Å². The lowest BCUT2D eigenvalue weighted by atomic mass is 9.95. The van der Waals surface area contributed by atoms with Crippen molar-refractivity contribution >= 4 is 17.6 Å². The van der Waals surface area contributed by atoms with Gasteiger partial charge in [-0.3, -0.25) is 15.9 Å². The van der Waals surface area contributed by atoms with Crippen LogP contribution in [0.15, 0.2) is 6.20 Å². The number of carbonyl (C=O) groups is 1. The van der Waals surface area contributed by atoms with Crippen molar-refractivity contribution in [1.29, 1.82) is 5.41 Å². The van der Waals surface area contributed by atoms with Crippen LogP contribution in [0.1, 0.15) is 57.5 Å². The van der Waals surface area contributed by atoms with Crippen molar-refractivity contribution in [1.82, 2.24) is 29.6 Å². The molecule has 0 radical (unpaired) electrons. The molecule has 0 bridgehead atoms. The maximum Gasteiger partial charge on any atom is 0.237 e. The van der Waals surface area contributed by atoms with Crippen LogP contribution in [0.5, 0.6) is 0 Å². The predicted octanol–water partition coefficient (Wildman–Crippen LogP) is 0.616. The first-order chi connectivity index (χ1) is 15.5. The maximum absolute atomic E-state index is 12.0. The van der Waals surface area contributed by atoms with Gasteiger partial charge in [0.1, 0.15) is 5.69 Å². The Labute approximate surface area is 192 Å². The smallest absolute Gasteiger partial charge is 0.237 e. The number of rotatable bonds is 6. The van der Waals surface area contributed by atoms with Crippen molar-refractivity contribution in [2.24, 2.45) is 18.2 Å². The first-order valence-corrected chi connectivity index (χ1v) is 10.9. The summed E-state index contributed by atoms with van der Waals surface area (Å²) < 4.78 is 7.16. The van der Waals surface area contributed by atoms with Crippen LogP contribution in [0, 0.1) is 10.8 Å². The summed E-state index contributed by atoms with van der Waals surface area (Å²) >= 11 is 0. The molecule has 1 atom stereocenters. The van der Waals surface area contributed by atoms with Gasteiger partial charge in [-0.2, -0.15) is 5.10 Å². The Balaban J connectivity index is 1.77. The van der Waals surface area contributed by atoms with Crippen LogP contribution in [0.25, 0.3) is 11.5 Å². The largest absolute Gasteiger partial charge is 0.457 e. The number of nitrogens with zero attached hydrogens (tertiary/aromatic N) is 6. The molecule has 1 fully saturated rings. The van der Waals surface area contributed by atoms with Crippen molar-refractivity contribution in [2.45, 2.75) is 52.2 Å². The molecule has 6 N–H and O–H groups in total. The number of nitrogens with one attached hydrogen (secondary N) is 1. The average Bonchev–Trinajstić information content (AvgIpc) is 3.15. The quantitative estimate of drug-likeness (QED) is 0.273. The molecule has 1 unspecified atom stereocenters. The monoisotopic (exact) mass is 459 g/mol.